The molecule has 0 bridgehead atoms. The number of fused-ring (bicyclic) bond motifs is 1. The maximum atomic E-state index is 11.4. The molecule has 0 fully saturated rings. The molecular weight excluding hydrogens is 274 g/mol. The van der Waals surface area contributed by atoms with E-state index in [0.29, 0.717) is 11.4 Å². The quantitative estimate of drug-likeness (QED) is 0.541. The summed E-state index contributed by atoms with van der Waals surface area (Å²) in [6, 6.07) is 15.2. The first-order valence-corrected chi connectivity index (χ1v) is 7.02. The number of rotatable bonds is 3. The van der Waals surface area contributed by atoms with Crippen molar-refractivity contribution in [2.24, 2.45) is 4.99 Å². The molecule has 3 rings (SSSR count). The summed E-state index contributed by atoms with van der Waals surface area (Å²) in [5.74, 6) is -0.0542. The van der Waals surface area contributed by atoms with E-state index in [0.717, 1.165) is 22.3 Å². The molecule has 0 aliphatic heterocycles. The number of ketones is 1. The molecule has 0 N–H and O–H groups in total. The predicted octanol–water partition coefficient (Wildman–Crippen LogP) is 3.97. The molecule has 0 atom stereocenters. The molecular formula is C18H15N3O. The number of nitrogens with zero attached hydrogens (tertiary/aromatic N) is 3. The summed E-state index contributed by atoms with van der Waals surface area (Å²) in [7, 11) is 0. The first-order chi connectivity index (χ1) is 10.6. The third-order valence-electron chi connectivity index (χ3n) is 3.38. The average molecular weight is 289 g/mol. The van der Waals surface area contributed by atoms with Crippen molar-refractivity contribution < 1.29 is 4.79 Å². The number of carbonyl (C=O) groups excluding carboxylic acids is 1. The van der Waals surface area contributed by atoms with E-state index in [1.165, 1.54) is 6.92 Å². The van der Waals surface area contributed by atoms with E-state index in [4.69, 9.17) is 0 Å². The van der Waals surface area contributed by atoms with Gasteiger partial charge in [-0.3, -0.25) is 9.78 Å². The third-order valence-corrected chi connectivity index (χ3v) is 3.38. The Balaban J connectivity index is 2.07. The summed E-state index contributed by atoms with van der Waals surface area (Å²) in [5.41, 5.74) is 3.54. The van der Waals surface area contributed by atoms with Crippen LogP contribution in [0.15, 0.2) is 59.7 Å². The Labute approximate surface area is 128 Å². The fourth-order valence-corrected chi connectivity index (χ4v) is 2.25. The molecule has 0 aliphatic rings. The van der Waals surface area contributed by atoms with Crippen molar-refractivity contribution in [3.05, 3.63) is 66.1 Å². The first-order valence-electron chi connectivity index (χ1n) is 7.02. The zero-order valence-corrected chi connectivity index (χ0v) is 12.4. The molecule has 1 aromatic carbocycles. The van der Waals surface area contributed by atoms with Crippen LogP contribution in [-0.2, 0) is 0 Å². The zero-order valence-electron chi connectivity index (χ0n) is 12.4. The molecule has 0 aliphatic carbocycles. The largest absolute Gasteiger partial charge is 0.293 e. The van der Waals surface area contributed by atoms with Crippen molar-refractivity contribution in [3.8, 4) is 0 Å². The van der Waals surface area contributed by atoms with Gasteiger partial charge in [-0.1, -0.05) is 24.3 Å². The van der Waals surface area contributed by atoms with Crippen LogP contribution in [0, 0.1) is 0 Å². The van der Waals surface area contributed by atoms with Gasteiger partial charge in [0.25, 0.3) is 0 Å². The molecule has 4 heteroatoms. The molecule has 0 saturated carbocycles. The summed E-state index contributed by atoms with van der Waals surface area (Å²) in [5, 5.41) is 1.04. The number of aromatic nitrogens is 2. The molecule has 0 saturated heterocycles. The molecule has 3 aromatic rings. The molecule has 22 heavy (non-hydrogen) atoms. The molecule has 0 spiro atoms. The second-order valence-electron chi connectivity index (χ2n) is 5.01. The van der Waals surface area contributed by atoms with E-state index < -0.39 is 0 Å². The summed E-state index contributed by atoms with van der Waals surface area (Å²) < 4.78 is 0. The van der Waals surface area contributed by atoms with E-state index in [2.05, 4.69) is 15.0 Å². The lowest BCUT2D eigenvalue weighted by Gasteiger charge is -2.04. The topological polar surface area (TPSA) is 55.2 Å². The lowest BCUT2D eigenvalue weighted by Crippen LogP contribution is -2.04. The molecule has 0 amide bonds. The third kappa shape index (κ3) is 2.76. The minimum atomic E-state index is -0.0542. The number of aliphatic imine (C=N–C) groups is 1. The Bertz CT molecular complexity index is 879. The van der Waals surface area contributed by atoms with E-state index in [-0.39, 0.29) is 5.78 Å². The lowest BCUT2D eigenvalue weighted by atomic mass is 10.2. The fourth-order valence-electron chi connectivity index (χ4n) is 2.25. The maximum absolute atomic E-state index is 11.4. The van der Waals surface area contributed by atoms with Gasteiger partial charge in [0.2, 0.25) is 0 Å². The van der Waals surface area contributed by atoms with Crippen LogP contribution in [-0.4, -0.2) is 21.5 Å². The maximum Gasteiger partial charge on any atom is 0.178 e. The zero-order chi connectivity index (χ0) is 15.5. The SMILES string of the molecule is CC(=O)c1cccc(/C(C)=N/c2cccc3cccnc23)n1. The predicted molar refractivity (Wildman–Crippen MR) is 87.9 cm³/mol. The van der Waals surface area contributed by atoms with Crippen LogP contribution < -0.4 is 0 Å². The minimum absolute atomic E-state index is 0.0542. The highest BCUT2D eigenvalue weighted by Gasteiger charge is 2.06. The molecule has 2 heterocycles. The Morgan fingerprint density at radius 2 is 1.68 bits per heavy atom. The smallest absolute Gasteiger partial charge is 0.178 e. The second-order valence-corrected chi connectivity index (χ2v) is 5.01. The number of Topliss-reactive ketones (excluding diaryl/α,β-unsaturated/α-hetero) is 1. The Morgan fingerprint density at radius 3 is 2.50 bits per heavy atom. The van der Waals surface area contributed by atoms with Gasteiger partial charge in [0.05, 0.1) is 22.6 Å². The average Bonchev–Trinajstić information content (AvgIpc) is 2.55. The number of para-hydroxylation sites is 1. The van der Waals surface area contributed by atoms with Crippen LogP contribution in [0.1, 0.15) is 30.0 Å². The van der Waals surface area contributed by atoms with Crippen LogP contribution in [0.4, 0.5) is 5.69 Å². The van der Waals surface area contributed by atoms with Crippen molar-refractivity contribution in [2.75, 3.05) is 0 Å². The Hall–Kier alpha value is -2.88. The van der Waals surface area contributed by atoms with Crippen LogP contribution in [0.3, 0.4) is 0 Å². The Kier molecular flexibility index (Phi) is 3.74. The number of benzene rings is 1. The number of carbonyl (C=O) groups is 1. The van der Waals surface area contributed by atoms with Gasteiger partial charge in [-0.2, -0.15) is 0 Å². The molecule has 2 aromatic heterocycles. The van der Waals surface area contributed by atoms with Gasteiger partial charge in [0, 0.05) is 18.5 Å². The summed E-state index contributed by atoms with van der Waals surface area (Å²) in [6.45, 7) is 3.39. The molecule has 0 unspecified atom stereocenters. The fraction of sp³-hybridized carbons (Fsp3) is 0.111. The van der Waals surface area contributed by atoms with Crippen molar-refractivity contribution in [1.29, 1.82) is 0 Å². The number of hydrogen-bond acceptors (Lipinski definition) is 4. The summed E-state index contributed by atoms with van der Waals surface area (Å²) >= 11 is 0. The van der Waals surface area contributed by atoms with Crippen molar-refractivity contribution in [2.45, 2.75) is 13.8 Å². The molecule has 0 radical (unpaired) electrons. The van der Waals surface area contributed by atoms with Crippen molar-refractivity contribution in [3.63, 3.8) is 0 Å². The molecule has 108 valence electrons. The standard InChI is InChI=1S/C18H15N3O/c1-12(15-8-4-9-16(21-15)13(2)22)20-17-10-3-6-14-7-5-11-19-18(14)17/h3-11H,1-2H3/b20-12+. The highest BCUT2D eigenvalue weighted by atomic mass is 16.1. The highest BCUT2D eigenvalue weighted by molar-refractivity contribution is 6.02. The van der Waals surface area contributed by atoms with Gasteiger partial charge >= 0.3 is 0 Å². The highest BCUT2D eigenvalue weighted by Crippen LogP contribution is 2.24. The van der Waals surface area contributed by atoms with Gasteiger partial charge in [-0.25, -0.2) is 9.98 Å². The second kappa shape index (κ2) is 5.85. The Morgan fingerprint density at radius 1 is 0.955 bits per heavy atom. The number of hydrogen-bond donors (Lipinski definition) is 0. The summed E-state index contributed by atoms with van der Waals surface area (Å²) in [6.07, 6.45) is 1.76. The van der Waals surface area contributed by atoms with Crippen LogP contribution in [0.25, 0.3) is 10.9 Å². The summed E-state index contributed by atoms with van der Waals surface area (Å²) in [4.78, 5) is 24.8. The van der Waals surface area contributed by atoms with Crippen LogP contribution in [0.2, 0.25) is 0 Å². The van der Waals surface area contributed by atoms with Gasteiger partial charge in [0.15, 0.2) is 5.78 Å². The van der Waals surface area contributed by atoms with Crippen LogP contribution >= 0.6 is 0 Å². The van der Waals surface area contributed by atoms with E-state index in [9.17, 15) is 4.79 Å². The van der Waals surface area contributed by atoms with Gasteiger partial charge < -0.3 is 0 Å². The van der Waals surface area contributed by atoms with Crippen molar-refractivity contribution >= 4 is 28.1 Å². The van der Waals surface area contributed by atoms with Crippen LogP contribution in [0.5, 0.6) is 0 Å². The number of pyridine rings is 2. The van der Waals surface area contributed by atoms with E-state index in [1.807, 2.05) is 49.4 Å². The minimum Gasteiger partial charge on any atom is -0.293 e. The molecule has 4 nitrogen and oxygen atoms in total. The van der Waals surface area contributed by atoms with Crippen molar-refractivity contribution in [1.82, 2.24) is 9.97 Å². The van der Waals surface area contributed by atoms with Gasteiger partial charge in [-0.15, -0.1) is 0 Å². The first kappa shape index (κ1) is 14.1. The van der Waals surface area contributed by atoms with Gasteiger partial charge in [0.1, 0.15) is 5.69 Å². The van der Waals surface area contributed by atoms with E-state index >= 15 is 0 Å². The van der Waals surface area contributed by atoms with Gasteiger partial charge in [-0.05, 0) is 31.2 Å². The monoisotopic (exact) mass is 289 g/mol. The lowest BCUT2D eigenvalue weighted by molar-refractivity contribution is 0.101. The normalized spacial score (nSPS) is 11.6. The van der Waals surface area contributed by atoms with E-state index in [1.54, 1.807) is 12.3 Å².